The van der Waals surface area contributed by atoms with E-state index in [-0.39, 0.29) is 24.5 Å². The maximum atomic E-state index is 5.31. The van der Waals surface area contributed by atoms with E-state index >= 15 is 0 Å². The molecule has 3 rings (SSSR count). The van der Waals surface area contributed by atoms with Gasteiger partial charge in [0.2, 0.25) is 0 Å². The molecule has 0 aliphatic rings. The highest BCUT2D eigenvalue weighted by Crippen LogP contribution is 2.30. The van der Waals surface area contributed by atoms with Gasteiger partial charge in [0.05, 0.1) is 11.6 Å². The third kappa shape index (κ3) is 4.35. The molecule has 0 radical (unpaired) electrons. The van der Waals surface area contributed by atoms with E-state index in [2.05, 4.69) is 89.7 Å². The molecule has 132 valence electrons. The van der Waals surface area contributed by atoms with Gasteiger partial charge in [0.1, 0.15) is 5.75 Å². The number of ether oxygens (including phenoxy) is 1. The third-order valence-corrected chi connectivity index (χ3v) is 5.09. The smallest absolute Gasteiger partial charge is 0.133 e. The van der Waals surface area contributed by atoms with Crippen LogP contribution in [0.4, 0.5) is 0 Å². The molecule has 3 aromatic rings. The first-order valence-corrected chi connectivity index (χ1v) is 8.96. The predicted octanol–water partition coefficient (Wildman–Crippen LogP) is 6.44. The maximum Gasteiger partial charge on any atom is 0.133 e. The number of halogens is 2. The average molecular weight is 421 g/mol. The monoisotopic (exact) mass is 419 g/mol. The van der Waals surface area contributed by atoms with Crippen molar-refractivity contribution in [2.75, 3.05) is 7.11 Å². The lowest BCUT2D eigenvalue weighted by atomic mass is 9.98. The zero-order valence-corrected chi connectivity index (χ0v) is 17.0. The Kier molecular flexibility index (Phi) is 6.88. The predicted molar refractivity (Wildman–Crippen MR) is 112 cm³/mol. The molecule has 0 aliphatic carbocycles. The van der Waals surface area contributed by atoms with Gasteiger partial charge in [0.25, 0.3) is 0 Å². The largest absolute Gasteiger partial charge is 0.496 e. The van der Waals surface area contributed by atoms with Crippen LogP contribution < -0.4 is 10.1 Å². The molecule has 2 atom stereocenters. The third-order valence-electron chi connectivity index (χ3n) is 4.47. The Morgan fingerprint density at radius 1 is 0.920 bits per heavy atom. The normalized spacial score (nSPS) is 13.1. The molecule has 0 bridgehead atoms. The van der Waals surface area contributed by atoms with Gasteiger partial charge in [-0.3, -0.25) is 0 Å². The molecule has 2 nitrogen and oxygen atoms in total. The summed E-state index contributed by atoms with van der Waals surface area (Å²) in [7, 11) is 1.68. The van der Waals surface area contributed by atoms with Crippen LogP contribution in [0.25, 0.3) is 10.8 Å². The van der Waals surface area contributed by atoms with Crippen molar-refractivity contribution in [2.24, 2.45) is 0 Å². The fourth-order valence-electron chi connectivity index (χ4n) is 3.14. The summed E-state index contributed by atoms with van der Waals surface area (Å²) in [6.45, 7) is 4.41. The minimum atomic E-state index is 0. The van der Waals surface area contributed by atoms with E-state index in [4.69, 9.17) is 4.74 Å². The maximum absolute atomic E-state index is 5.31. The van der Waals surface area contributed by atoms with Crippen LogP contribution in [0.15, 0.2) is 65.1 Å². The highest BCUT2D eigenvalue weighted by Gasteiger charge is 2.14. The van der Waals surface area contributed by atoms with Crippen molar-refractivity contribution in [1.82, 2.24) is 5.32 Å². The SMILES string of the molecule is COc1ccc([C@@H](C)N[C@H](C)c2cccc3ccccc23)cc1Br.Cl. The molecular formula is C21H23BrClNO. The van der Waals surface area contributed by atoms with Crippen LogP contribution >= 0.6 is 28.3 Å². The fourth-order valence-corrected chi connectivity index (χ4v) is 3.70. The second kappa shape index (κ2) is 8.70. The number of hydrogen-bond donors (Lipinski definition) is 1. The van der Waals surface area contributed by atoms with E-state index in [1.807, 2.05) is 6.07 Å². The molecule has 0 fully saturated rings. The summed E-state index contributed by atoms with van der Waals surface area (Å²) < 4.78 is 6.29. The van der Waals surface area contributed by atoms with Crippen LogP contribution in [-0.4, -0.2) is 7.11 Å². The molecule has 3 aromatic carbocycles. The van der Waals surface area contributed by atoms with Crippen molar-refractivity contribution < 1.29 is 4.74 Å². The Balaban J connectivity index is 0.00000225. The molecule has 0 aliphatic heterocycles. The first kappa shape index (κ1) is 19.8. The first-order chi connectivity index (χ1) is 11.6. The second-order valence-electron chi connectivity index (χ2n) is 6.07. The number of benzene rings is 3. The van der Waals surface area contributed by atoms with E-state index < -0.39 is 0 Å². The molecule has 4 heteroatoms. The lowest BCUT2D eigenvalue weighted by molar-refractivity contribution is 0.411. The topological polar surface area (TPSA) is 21.3 Å². The van der Waals surface area contributed by atoms with Crippen LogP contribution in [0.1, 0.15) is 37.1 Å². The lowest BCUT2D eigenvalue weighted by Crippen LogP contribution is -2.22. The van der Waals surface area contributed by atoms with Crippen LogP contribution in [0.5, 0.6) is 5.75 Å². The zero-order chi connectivity index (χ0) is 17.1. The molecule has 0 unspecified atom stereocenters. The van der Waals surface area contributed by atoms with Gasteiger partial charge < -0.3 is 10.1 Å². The van der Waals surface area contributed by atoms with Gasteiger partial charge >= 0.3 is 0 Å². The van der Waals surface area contributed by atoms with E-state index in [0.29, 0.717) is 0 Å². The van der Waals surface area contributed by atoms with Crippen molar-refractivity contribution in [3.8, 4) is 5.75 Å². The van der Waals surface area contributed by atoms with Gasteiger partial charge in [-0.2, -0.15) is 0 Å². The minimum Gasteiger partial charge on any atom is -0.496 e. The summed E-state index contributed by atoms with van der Waals surface area (Å²) in [6, 6.07) is 21.8. The van der Waals surface area contributed by atoms with Crippen LogP contribution in [-0.2, 0) is 0 Å². The van der Waals surface area contributed by atoms with E-state index in [0.717, 1.165) is 10.2 Å². The van der Waals surface area contributed by atoms with E-state index in [9.17, 15) is 0 Å². The quantitative estimate of drug-likeness (QED) is 0.512. The van der Waals surface area contributed by atoms with Gasteiger partial charge in [-0.15, -0.1) is 12.4 Å². The number of methoxy groups -OCH3 is 1. The van der Waals surface area contributed by atoms with Gasteiger partial charge in [-0.05, 0) is 63.8 Å². The van der Waals surface area contributed by atoms with E-state index in [1.165, 1.54) is 21.9 Å². The summed E-state index contributed by atoms with van der Waals surface area (Å²) in [4.78, 5) is 0. The highest BCUT2D eigenvalue weighted by molar-refractivity contribution is 9.10. The number of fused-ring (bicyclic) bond motifs is 1. The number of rotatable bonds is 5. The molecule has 0 saturated carbocycles. The van der Waals surface area contributed by atoms with Crippen molar-refractivity contribution in [3.63, 3.8) is 0 Å². The van der Waals surface area contributed by atoms with Crippen LogP contribution in [0.2, 0.25) is 0 Å². The summed E-state index contributed by atoms with van der Waals surface area (Å²) >= 11 is 3.57. The van der Waals surface area contributed by atoms with Gasteiger partial charge in [-0.25, -0.2) is 0 Å². The van der Waals surface area contributed by atoms with E-state index in [1.54, 1.807) is 7.11 Å². The molecule has 0 aromatic heterocycles. The van der Waals surface area contributed by atoms with Crippen molar-refractivity contribution in [3.05, 3.63) is 76.3 Å². The Labute approximate surface area is 164 Å². The molecule has 25 heavy (non-hydrogen) atoms. The zero-order valence-electron chi connectivity index (χ0n) is 14.6. The summed E-state index contributed by atoms with van der Waals surface area (Å²) in [5.41, 5.74) is 2.56. The molecule has 0 saturated heterocycles. The Hall–Kier alpha value is -1.55. The van der Waals surface area contributed by atoms with Gasteiger partial charge in [0, 0.05) is 12.1 Å². The van der Waals surface area contributed by atoms with Gasteiger partial charge in [0.15, 0.2) is 0 Å². The lowest BCUT2D eigenvalue weighted by Gasteiger charge is -2.22. The number of nitrogens with one attached hydrogen (secondary N) is 1. The summed E-state index contributed by atoms with van der Waals surface area (Å²) in [5, 5.41) is 6.30. The van der Waals surface area contributed by atoms with Crippen LogP contribution in [0, 0.1) is 0 Å². The minimum absolute atomic E-state index is 0. The molecular weight excluding hydrogens is 398 g/mol. The molecule has 1 N–H and O–H groups in total. The number of hydrogen-bond acceptors (Lipinski definition) is 2. The standard InChI is InChI=1S/C21H22BrNO.ClH/c1-14(17-11-12-21(24-3)20(22)13-17)23-15(2)18-10-6-8-16-7-4-5-9-19(16)18;/h4-15,23H,1-3H3;1H/t14-,15-;/m1./s1. The Morgan fingerprint density at radius 2 is 1.64 bits per heavy atom. The molecule has 0 spiro atoms. The Morgan fingerprint density at radius 3 is 2.36 bits per heavy atom. The molecule has 0 heterocycles. The van der Waals surface area contributed by atoms with Crippen LogP contribution in [0.3, 0.4) is 0 Å². The first-order valence-electron chi connectivity index (χ1n) is 8.17. The van der Waals surface area contributed by atoms with Crippen molar-refractivity contribution >= 4 is 39.1 Å². The fraction of sp³-hybridized carbons (Fsp3) is 0.238. The summed E-state index contributed by atoms with van der Waals surface area (Å²) in [6.07, 6.45) is 0. The second-order valence-corrected chi connectivity index (χ2v) is 6.93. The summed E-state index contributed by atoms with van der Waals surface area (Å²) in [5.74, 6) is 0.855. The van der Waals surface area contributed by atoms with Gasteiger partial charge in [-0.1, -0.05) is 48.5 Å². The highest BCUT2D eigenvalue weighted by atomic mass is 79.9. The average Bonchev–Trinajstić information content (AvgIpc) is 2.61. The molecule has 0 amide bonds. The Bertz CT molecular complexity index is 847. The van der Waals surface area contributed by atoms with Crippen molar-refractivity contribution in [1.29, 1.82) is 0 Å². The van der Waals surface area contributed by atoms with Crippen molar-refractivity contribution in [2.45, 2.75) is 25.9 Å².